The molecule has 0 saturated heterocycles. The first-order valence-corrected chi connectivity index (χ1v) is 5.59. The molecular weight excluding hydrogens is 172 g/mol. The summed E-state index contributed by atoms with van der Waals surface area (Å²) in [6.45, 7) is 8.58. The zero-order chi connectivity index (χ0) is 10.8. The van der Waals surface area contributed by atoms with Crippen molar-refractivity contribution in [2.24, 2.45) is 11.3 Å². The predicted molar refractivity (Wildman–Crippen MR) is 60.2 cm³/mol. The molecule has 0 amide bonds. The Morgan fingerprint density at radius 2 is 1.71 bits per heavy atom. The largest absolute Gasteiger partial charge is 0.295 e. The lowest BCUT2D eigenvalue weighted by Crippen LogP contribution is -2.25. The van der Waals surface area contributed by atoms with E-state index in [4.69, 9.17) is 0 Å². The fraction of sp³-hybridized carbons (Fsp3) is 0.769. The summed E-state index contributed by atoms with van der Waals surface area (Å²) in [4.78, 5) is 11.7. The Hall–Kier alpha value is -0.590. The first kappa shape index (κ1) is 11.5. The van der Waals surface area contributed by atoms with E-state index in [-0.39, 0.29) is 0 Å². The van der Waals surface area contributed by atoms with Crippen LogP contribution in [0, 0.1) is 11.3 Å². The maximum atomic E-state index is 11.7. The topological polar surface area (TPSA) is 17.1 Å². The molecule has 0 aromatic heterocycles. The lowest BCUT2D eigenvalue weighted by atomic mass is 9.72. The second kappa shape index (κ2) is 4.29. The van der Waals surface area contributed by atoms with Gasteiger partial charge in [-0.1, -0.05) is 19.4 Å². The number of rotatable bonds is 2. The van der Waals surface area contributed by atoms with Crippen molar-refractivity contribution in [2.45, 2.75) is 53.4 Å². The number of ketones is 1. The summed E-state index contributed by atoms with van der Waals surface area (Å²) < 4.78 is 0. The Morgan fingerprint density at radius 3 is 2.14 bits per heavy atom. The Labute approximate surface area is 87.6 Å². The fourth-order valence-corrected chi connectivity index (χ4v) is 2.09. The van der Waals surface area contributed by atoms with Gasteiger partial charge in [0.05, 0.1) is 0 Å². The van der Waals surface area contributed by atoms with Gasteiger partial charge >= 0.3 is 0 Å². The van der Waals surface area contributed by atoms with Crippen LogP contribution in [0.5, 0.6) is 0 Å². The van der Waals surface area contributed by atoms with E-state index in [0.717, 1.165) is 18.4 Å². The van der Waals surface area contributed by atoms with Crippen LogP contribution >= 0.6 is 0 Å². The molecule has 0 heterocycles. The van der Waals surface area contributed by atoms with Gasteiger partial charge in [0.15, 0.2) is 5.78 Å². The smallest absolute Gasteiger partial charge is 0.158 e. The van der Waals surface area contributed by atoms with E-state index in [0.29, 0.717) is 17.1 Å². The van der Waals surface area contributed by atoms with Crippen molar-refractivity contribution in [1.29, 1.82) is 0 Å². The van der Waals surface area contributed by atoms with Gasteiger partial charge in [0, 0.05) is 5.92 Å². The summed E-state index contributed by atoms with van der Waals surface area (Å²) in [5.41, 5.74) is 1.58. The van der Waals surface area contributed by atoms with Crippen molar-refractivity contribution in [3.8, 4) is 0 Å². The molecule has 14 heavy (non-hydrogen) atoms. The molecule has 0 spiro atoms. The molecule has 1 aliphatic carbocycles. The first-order valence-electron chi connectivity index (χ1n) is 5.59. The lowest BCUT2D eigenvalue weighted by molar-refractivity contribution is -0.119. The third-order valence-electron chi connectivity index (χ3n) is 3.17. The Morgan fingerprint density at radius 1 is 1.21 bits per heavy atom. The van der Waals surface area contributed by atoms with Crippen LogP contribution in [-0.2, 0) is 4.79 Å². The van der Waals surface area contributed by atoms with Crippen LogP contribution in [0.25, 0.3) is 0 Å². The van der Waals surface area contributed by atoms with Crippen LogP contribution < -0.4 is 0 Å². The quantitative estimate of drug-likeness (QED) is 0.612. The first-order chi connectivity index (χ1) is 6.41. The van der Waals surface area contributed by atoms with Gasteiger partial charge in [0.1, 0.15) is 0 Å². The minimum atomic E-state index is 0.304. The van der Waals surface area contributed by atoms with Crippen molar-refractivity contribution < 1.29 is 4.79 Å². The van der Waals surface area contributed by atoms with Crippen molar-refractivity contribution >= 4 is 5.78 Å². The van der Waals surface area contributed by atoms with Gasteiger partial charge in [-0.15, -0.1) is 0 Å². The normalized spacial score (nSPS) is 21.7. The summed E-state index contributed by atoms with van der Waals surface area (Å²) in [7, 11) is 0. The Kier molecular flexibility index (Phi) is 3.52. The molecule has 0 aromatic carbocycles. The highest BCUT2D eigenvalue weighted by molar-refractivity contribution is 5.92. The van der Waals surface area contributed by atoms with Crippen molar-refractivity contribution in [3.63, 3.8) is 0 Å². The number of carbonyl (C=O) groups excluding carboxylic acids is 1. The van der Waals surface area contributed by atoms with Gasteiger partial charge in [-0.3, -0.25) is 4.79 Å². The van der Waals surface area contributed by atoms with Gasteiger partial charge in [0.25, 0.3) is 0 Å². The van der Waals surface area contributed by atoms with Crippen molar-refractivity contribution in [3.05, 3.63) is 11.6 Å². The van der Waals surface area contributed by atoms with Crippen molar-refractivity contribution in [2.75, 3.05) is 0 Å². The molecular formula is C13H22O. The molecule has 1 aliphatic rings. The molecule has 0 unspecified atom stereocenters. The van der Waals surface area contributed by atoms with Crippen LogP contribution in [0.3, 0.4) is 0 Å². The molecule has 1 rings (SSSR count). The van der Waals surface area contributed by atoms with Crippen molar-refractivity contribution in [1.82, 2.24) is 0 Å². The molecule has 1 heteroatoms. The van der Waals surface area contributed by atoms with E-state index in [1.807, 2.05) is 19.9 Å². The standard InChI is InChI=1S/C13H22O/c1-10(2)9-12(14)11-5-7-13(3,4)8-6-11/h9,11H,5-8H2,1-4H3. The molecule has 0 atom stereocenters. The molecule has 0 aromatic rings. The van der Waals surface area contributed by atoms with E-state index in [1.165, 1.54) is 12.8 Å². The third kappa shape index (κ3) is 3.28. The molecule has 80 valence electrons. The molecule has 0 aliphatic heterocycles. The molecule has 1 saturated carbocycles. The van der Waals surface area contributed by atoms with Crippen LogP contribution in [0.2, 0.25) is 0 Å². The minimum absolute atomic E-state index is 0.304. The minimum Gasteiger partial charge on any atom is -0.295 e. The fourth-order valence-electron chi connectivity index (χ4n) is 2.09. The summed E-state index contributed by atoms with van der Waals surface area (Å²) >= 11 is 0. The van der Waals surface area contributed by atoms with Gasteiger partial charge in [0.2, 0.25) is 0 Å². The van der Waals surface area contributed by atoms with Crippen LogP contribution in [0.4, 0.5) is 0 Å². The number of hydrogen-bond donors (Lipinski definition) is 0. The van der Waals surface area contributed by atoms with Gasteiger partial charge in [-0.25, -0.2) is 0 Å². The van der Waals surface area contributed by atoms with E-state index in [1.54, 1.807) is 0 Å². The summed E-state index contributed by atoms with van der Waals surface area (Å²) in [5.74, 6) is 0.651. The maximum Gasteiger partial charge on any atom is 0.158 e. The second-order valence-corrected chi connectivity index (χ2v) is 5.56. The van der Waals surface area contributed by atoms with Crippen LogP contribution in [0.15, 0.2) is 11.6 Å². The average molecular weight is 194 g/mol. The van der Waals surface area contributed by atoms with E-state index in [2.05, 4.69) is 13.8 Å². The molecule has 0 bridgehead atoms. The Balaban J connectivity index is 2.50. The summed E-state index contributed by atoms with van der Waals surface area (Å²) in [6, 6.07) is 0. The van der Waals surface area contributed by atoms with Gasteiger partial charge in [-0.05, 0) is 51.0 Å². The molecule has 0 radical (unpaired) electrons. The maximum absolute atomic E-state index is 11.7. The summed E-state index contributed by atoms with van der Waals surface area (Å²) in [6.07, 6.45) is 6.36. The van der Waals surface area contributed by atoms with E-state index < -0.39 is 0 Å². The molecule has 0 N–H and O–H groups in total. The number of carbonyl (C=O) groups is 1. The average Bonchev–Trinajstić information content (AvgIpc) is 2.02. The van der Waals surface area contributed by atoms with E-state index in [9.17, 15) is 4.79 Å². The van der Waals surface area contributed by atoms with Gasteiger partial charge < -0.3 is 0 Å². The summed E-state index contributed by atoms with van der Waals surface area (Å²) in [5, 5.41) is 0. The highest BCUT2D eigenvalue weighted by Gasteiger charge is 2.29. The van der Waals surface area contributed by atoms with Crippen LogP contribution in [-0.4, -0.2) is 5.78 Å². The van der Waals surface area contributed by atoms with Crippen LogP contribution in [0.1, 0.15) is 53.4 Å². The Bertz CT molecular complexity index is 234. The monoisotopic (exact) mass is 194 g/mol. The predicted octanol–water partition coefficient (Wildman–Crippen LogP) is 3.74. The van der Waals surface area contributed by atoms with E-state index >= 15 is 0 Å². The zero-order valence-corrected chi connectivity index (χ0v) is 9.89. The SMILES string of the molecule is CC(C)=CC(=O)C1CCC(C)(C)CC1. The highest BCUT2D eigenvalue weighted by atomic mass is 16.1. The third-order valence-corrected chi connectivity index (χ3v) is 3.17. The zero-order valence-electron chi connectivity index (χ0n) is 9.89. The highest BCUT2D eigenvalue weighted by Crippen LogP contribution is 2.38. The number of allylic oxidation sites excluding steroid dienone is 2. The number of hydrogen-bond acceptors (Lipinski definition) is 1. The van der Waals surface area contributed by atoms with Gasteiger partial charge in [-0.2, -0.15) is 0 Å². The molecule has 1 nitrogen and oxygen atoms in total. The lowest BCUT2D eigenvalue weighted by Gasteiger charge is -2.33. The molecule has 1 fully saturated rings. The second-order valence-electron chi connectivity index (χ2n) is 5.56.